The number of carbonyl (C=O) groups is 2. The molecule has 1 fully saturated rings. The summed E-state index contributed by atoms with van der Waals surface area (Å²) in [4.78, 5) is 28.8. The van der Waals surface area contributed by atoms with E-state index in [1.54, 1.807) is 12.3 Å². The highest BCUT2D eigenvalue weighted by molar-refractivity contribution is 5.99. The lowest BCUT2D eigenvalue weighted by Gasteiger charge is -2.13. The van der Waals surface area contributed by atoms with Gasteiger partial charge in [0.25, 0.3) is 11.8 Å². The molecular weight excluding hydrogens is 304 g/mol. The SMILES string of the molecule is CCCNCCNC(=O)c1c[nH]c(C(=O)N2CCCC2)c1.Cl. The molecule has 3 N–H and O–H groups in total. The van der Waals surface area contributed by atoms with Crippen molar-refractivity contribution in [3.05, 3.63) is 23.5 Å². The molecule has 0 aliphatic carbocycles. The number of aromatic amines is 1. The van der Waals surface area contributed by atoms with Crippen LogP contribution in [0.25, 0.3) is 0 Å². The van der Waals surface area contributed by atoms with E-state index in [9.17, 15) is 9.59 Å². The topological polar surface area (TPSA) is 77.2 Å². The number of likely N-dealkylation sites (tertiary alicyclic amines) is 1. The van der Waals surface area contributed by atoms with Crippen LogP contribution in [0.15, 0.2) is 12.3 Å². The van der Waals surface area contributed by atoms with Crippen LogP contribution in [-0.2, 0) is 0 Å². The van der Waals surface area contributed by atoms with Crippen molar-refractivity contribution in [1.29, 1.82) is 0 Å². The van der Waals surface area contributed by atoms with Crippen LogP contribution in [0.4, 0.5) is 0 Å². The van der Waals surface area contributed by atoms with Crippen molar-refractivity contribution in [2.75, 3.05) is 32.7 Å². The van der Waals surface area contributed by atoms with Crippen LogP contribution in [-0.4, -0.2) is 54.4 Å². The zero-order valence-electron chi connectivity index (χ0n) is 13.0. The Bertz CT molecular complexity index is 484. The lowest BCUT2D eigenvalue weighted by molar-refractivity contribution is 0.0787. The van der Waals surface area contributed by atoms with Crippen molar-refractivity contribution in [3.63, 3.8) is 0 Å². The lowest BCUT2D eigenvalue weighted by Crippen LogP contribution is -2.32. The average molecular weight is 329 g/mol. The molecule has 1 saturated heterocycles. The molecule has 1 aliphatic heterocycles. The molecule has 2 heterocycles. The van der Waals surface area contributed by atoms with Crippen LogP contribution in [0.5, 0.6) is 0 Å². The average Bonchev–Trinajstić information content (AvgIpc) is 3.17. The Morgan fingerprint density at radius 1 is 1.23 bits per heavy atom. The summed E-state index contributed by atoms with van der Waals surface area (Å²) >= 11 is 0. The van der Waals surface area contributed by atoms with Crippen LogP contribution < -0.4 is 10.6 Å². The zero-order chi connectivity index (χ0) is 15.1. The summed E-state index contributed by atoms with van der Waals surface area (Å²) in [7, 11) is 0. The Labute approximate surface area is 137 Å². The first-order valence-electron chi connectivity index (χ1n) is 7.69. The number of rotatable bonds is 7. The molecule has 0 unspecified atom stereocenters. The first kappa shape index (κ1) is 18.5. The van der Waals surface area contributed by atoms with Crippen molar-refractivity contribution in [2.45, 2.75) is 26.2 Å². The number of hydrogen-bond donors (Lipinski definition) is 3. The fourth-order valence-electron chi connectivity index (χ4n) is 2.41. The Hall–Kier alpha value is -1.53. The molecule has 0 atom stereocenters. The highest BCUT2D eigenvalue weighted by Gasteiger charge is 2.21. The van der Waals surface area contributed by atoms with Gasteiger partial charge in [-0.1, -0.05) is 6.92 Å². The molecule has 0 bridgehead atoms. The summed E-state index contributed by atoms with van der Waals surface area (Å²) in [6, 6.07) is 1.63. The fourth-order valence-corrected chi connectivity index (χ4v) is 2.41. The van der Waals surface area contributed by atoms with E-state index in [-0.39, 0.29) is 24.2 Å². The molecule has 2 amide bonds. The predicted octanol–water partition coefficient (Wildman–Crippen LogP) is 1.40. The quantitative estimate of drug-likeness (QED) is 0.662. The summed E-state index contributed by atoms with van der Waals surface area (Å²) in [5.74, 6) is -0.166. The van der Waals surface area contributed by atoms with E-state index in [2.05, 4.69) is 22.5 Å². The molecule has 2 rings (SSSR count). The first-order valence-corrected chi connectivity index (χ1v) is 7.69. The maximum atomic E-state index is 12.2. The van der Waals surface area contributed by atoms with Crippen molar-refractivity contribution < 1.29 is 9.59 Å². The molecular formula is C15H25ClN4O2. The van der Waals surface area contributed by atoms with Gasteiger partial charge in [-0.05, 0) is 31.9 Å². The largest absolute Gasteiger partial charge is 0.356 e. The van der Waals surface area contributed by atoms with Gasteiger partial charge in [0.1, 0.15) is 5.69 Å². The maximum Gasteiger partial charge on any atom is 0.270 e. The second-order valence-electron chi connectivity index (χ2n) is 5.31. The standard InChI is InChI=1S/C15H24N4O2.ClH/c1-2-5-16-6-7-17-14(20)12-10-13(18-11-12)15(21)19-8-3-4-9-19;/h10-11,16,18H,2-9H2,1H3,(H,17,20);1H. The lowest BCUT2D eigenvalue weighted by atomic mass is 10.2. The van der Waals surface area contributed by atoms with E-state index < -0.39 is 0 Å². The van der Waals surface area contributed by atoms with Gasteiger partial charge in [-0.15, -0.1) is 12.4 Å². The monoisotopic (exact) mass is 328 g/mol. The summed E-state index contributed by atoms with van der Waals surface area (Å²) in [5.41, 5.74) is 0.999. The predicted molar refractivity (Wildman–Crippen MR) is 88.7 cm³/mol. The van der Waals surface area contributed by atoms with Gasteiger partial charge < -0.3 is 20.5 Å². The second kappa shape index (κ2) is 9.48. The number of aromatic nitrogens is 1. The van der Waals surface area contributed by atoms with Crippen molar-refractivity contribution in [3.8, 4) is 0 Å². The minimum atomic E-state index is -0.148. The summed E-state index contributed by atoms with van der Waals surface area (Å²) in [6.45, 7) is 6.01. The minimum Gasteiger partial charge on any atom is -0.356 e. The van der Waals surface area contributed by atoms with Crippen molar-refractivity contribution in [2.24, 2.45) is 0 Å². The summed E-state index contributed by atoms with van der Waals surface area (Å²) in [5, 5.41) is 6.05. The van der Waals surface area contributed by atoms with Gasteiger partial charge in [-0.3, -0.25) is 9.59 Å². The Morgan fingerprint density at radius 2 is 1.95 bits per heavy atom. The molecule has 0 spiro atoms. The number of hydrogen-bond acceptors (Lipinski definition) is 3. The third-order valence-corrected chi connectivity index (χ3v) is 3.58. The van der Waals surface area contributed by atoms with Crippen LogP contribution >= 0.6 is 12.4 Å². The number of amides is 2. The Kier molecular flexibility index (Phi) is 7.98. The summed E-state index contributed by atoms with van der Waals surface area (Å²) in [6.07, 6.45) is 4.79. The van der Waals surface area contributed by atoms with Gasteiger partial charge in [-0.2, -0.15) is 0 Å². The molecule has 124 valence electrons. The third-order valence-electron chi connectivity index (χ3n) is 3.58. The third kappa shape index (κ3) is 5.03. The number of halogens is 1. The number of nitrogens with one attached hydrogen (secondary N) is 3. The maximum absolute atomic E-state index is 12.2. The number of H-pyrrole nitrogens is 1. The van der Waals surface area contributed by atoms with E-state index >= 15 is 0 Å². The first-order chi connectivity index (χ1) is 10.2. The van der Waals surface area contributed by atoms with E-state index in [1.807, 2.05) is 4.90 Å². The fraction of sp³-hybridized carbons (Fsp3) is 0.600. The van der Waals surface area contributed by atoms with E-state index in [0.717, 1.165) is 45.4 Å². The van der Waals surface area contributed by atoms with Crippen LogP contribution in [0.1, 0.15) is 47.0 Å². The van der Waals surface area contributed by atoms with E-state index in [1.165, 1.54) is 0 Å². The van der Waals surface area contributed by atoms with Crippen LogP contribution in [0, 0.1) is 0 Å². The Morgan fingerprint density at radius 3 is 2.64 bits per heavy atom. The molecule has 1 aliphatic rings. The minimum absolute atomic E-state index is 0. The van der Waals surface area contributed by atoms with Gasteiger partial charge in [0.15, 0.2) is 0 Å². The van der Waals surface area contributed by atoms with E-state index in [4.69, 9.17) is 0 Å². The smallest absolute Gasteiger partial charge is 0.270 e. The zero-order valence-corrected chi connectivity index (χ0v) is 13.8. The van der Waals surface area contributed by atoms with Gasteiger partial charge >= 0.3 is 0 Å². The molecule has 0 aromatic carbocycles. The van der Waals surface area contributed by atoms with Gasteiger partial charge in [-0.25, -0.2) is 0 Å². The van der Waals surface area contributed by atoms with Crippen LogP contribution in [0.2, 0.25) is 0 Å². The molecule has 6 nitrogen and oxygen atoms in total. The normalized spacial score (nSPS) is 13.8. The van der Waals surface area contributed by atoms with Gasteiger partial charge in [0.2, 0.25) is 0 Å². The molecule has 0 radical (unpaired) electrons. The molecule has 1 aromatic rings. The van der Waals surface area contributed by atoms with E-state index in [0.29, 0.717) is 17.8 Å². The van der Waals surface area contributed by atoms with Crippen molar-refractivity contribution in [1.82, 2.24) is 20.5 Å². The van der Waals surface area contributed by atoms with Crippen molar-refractivity contribution >= 4 is 24.2 Å². The van der Waals surface area contributed by atoms with Gasteiger partial charge in [0, 0.05) is 32.4 Å². The van der Waals surface area contributed by atoms with Gasteiger partial charge in [0.05, 0.1) is 5.56 Å². The molecule has 22 heavy (non-hydrogen) atoms. The van der Waals surface area contributed by atoms with Crippen LogP contribution in [0.3, 0.4) is 0 Å². The highest BCUT2D eigenvalue weighted by atomic mass is 35.5. The molecule has 1 aromatic heterocycles. The second-order valence-corrected chi connectivity index (χ2v) is 5.31. The molecule has 0 saturated carbocycles. The highest BCUT2D eigenvalue weighted by Crippen LogP contribution is 2.13. The Balaban J connectivity index is 0.00000242. The number of carbonyl (C=O) groups excluding carboxylic acids is 2. The molecule has 7 heteroatoms. The number of nitrogens with zero attached hydrogens (tertiary/aromatic N) is 1. The summed E-state index contributed by atoms with van der Waals surface area (Å²) < 4.78 is 0.